The van der Waals surface area contributed by atoms with Crippen molar-refractivity contribution in [3.8, 4) is 11.5 Å². The Hall–Kier alpha value is -4.07. The van der Waals surface area contributed by atoms with E-state index in [2.05, 4.69) is 10.6 Å². The van der Waals surface area contributed by atoms with Crippen LogP contribution in [0.1, 0.15) is 37.5 Å². The Morgan fingerprint density at radius 2 is 1.94 bits per heavy atom. The van der Waals surface area contributed by atoms with Crippen molar-refractivity contribution in [2.75, 3.05) is 13.2 Å². The second kappa shape index (κ2) is 9.18. The molecule has 0 bridgehead atoms. The van der Waals surface area contributed by atoms with Crippen molar-refractivity contribution in [2.45, 2.75) is 45.4 Å². The van der Waals surface area contributed by atoms with Crippen molar-refractivity contribution in [2.24, 2.45) is 0 Å². The predicted molar refractivity (Wildman–Crippen MR) is 135 cm³/mol. The summed E-state index contributed by atoms with van der Waals surface area (Å²) < 4.78 is 11.6. The molecule has 0 unspecified atom stereocenters. The first-order chi connectivity index (χ1) is 17.3. The third-order valence-corrected chi connectivity index (χ3v) is 6.76. The van der Waals surface area contributed by atoms with Crippen LogP contribution in [0.4, 0.5) is 4.79 Å². The van der Waals surface area contributed by atoms with E-state index in [4.69, 9.17) is 9.47 Å². The zero-order valence-corrected chi connectivity index (χ0v) is 20.6. The first kappa shape index (κ1) is 23.7. The molecule has 186 valence electrons. The highest BCUT2D eigenvalue weighted by atomic mass is 16.5. The molecule has 0 saturated carbocycles. The number of fused-ring (bicyclic) bond motifs is 2. The Morgan fingerprint density at radius 1 is 1.17 bits per heavy atom. The highest BCUT2D eigenvalue weighted by Crippen LogP contribution is 2.35. The van der Waals surface area contributed by atoms with Gasteiger partial charge in [0.1, 0.15) is 29.7 Å². The number of carbonyl (C=O) groups is 3. The predicted octanol–water partition coefficient (Wildman–Crippen LogP) is 3.65. The summed E-state index contributed by atoms with van der Waals surface area (Å²) in [6.45, 7) is 5.87. The van der Waals surface area contributed by atoms with Crippen LogP contribution in [-0.2, 0) is 28.1 Å². The van der Waals surface area contributed by atoms with Gasteiger partial charge >= 0.3 is 6.03 Å². The number of nitrogens with zero attached hydrogens (tertiary/aromatic N) is 1. The normalized spacial score (nSPS) is 20.8. The number of carbonyl (C=O) groups excluding carboxylic acids is 3. The van der Waals surface area contributed by atoms with Gasteiger partial charge < -0.3 is 20.1 Å². The molecular formula is C28H29N3O5. The molecule has 3 aromatic rings. The Kier molecular flexibility index (Phi) is 6.04. The van der Waals surface area contributed by atoms with Gasteiger partial charge in [-0.2, -0.15) is 0 Å². The summed E-state index contributed by atoms with van der Waals surface area (Å²) in [5.41, 5.74) is 1.26. The van der Waals surface area contributed by atoms with Gasteiger partial charge in [-0.1, -0.05) is 36.4 Å². The van der Waals surface area contributed by atoms with Crippen molar-refractivity contribution in [1.29, 1.82) is 0 Å². The second-order valence-corrected chi connectivity index (χ2v) is 9.42. The van der Waals surface area contributed by atoms with Gasteiger partial charge in [0, 0.05) is 24.1 Å². The van der Waals surface area contributed by atoms with E-state index < -0.39 is 23.4 Å². The minimum Gasteiger partial charge on any atom is -0.494 e. The number of imide groups is 1. The number of urea groups is 1. The van der Waals surface area contributed by atoms with Gasteiger partial charge in [-0.15, -0.1) is 0 Å². The summed E-state index contributed by atoms with van der Waals surface area (Å²) in [4.78, 5) is 39.8. The lowest BCUT2D eigenvalue weighted by molar-refractivity contribution is -0.134. The largest absolute Gasteiger partial charge is 0.494 e. The maximum atomic E-state index is 13.3. The van der Waals surface area contributed by atoms with Crippen molar-refractivity contribution in [1.82, 2.24) is 15.5 Å². The number of nitrogens with one attached hydrogen (secondary N) is 2. The molecule has 2 atom stereocenters. The Balaban J connectivity index is 1.28. The Labute approximate surface area is 209 Å². The molecule has 0 radical (unpaired) electrons. The summed E-state index contributed by atoms with van der Waals surface area (Å²) in [7, 11) is 0. The van der Waals surface area contributed by atoms with Gasteiger partial charge in [0.05, 0.1) is 6.61 Å². The number of amides is 4. The fourth-order valence-electron chi connectivity index (χ4n) is 4.84. The summed E-state index contributed by atoms with van der Waals surface area (Å²) in [6, 6.07) is 16.7. The van der Waals surface area contributed by atoms with Gasteiger partial charge in [0.15, 0.2) is 0 Å². The van der Waals surface area contributed by atoms with Gasteiger partial charge in [0.2, 0.25) is 5.91 Å². The lowest BCUT2D eigenvalue weighted by atomic mass is 9.90. The average Bonchev–Trinajstić information content (AvgIpc) is 3.33. The Morgan fingerprint density at radius 3 is 2.72 bits per heavy atom. The number of hydrogen-bond acceptors (Lipinski definition) is 5. The van der Waals surface area contributed by atoms with Crippen LogP contribution >= 0.6 is 0 Å². The van der Waals surface area contributed by atoms with E-state index >= 15 is 0 Å². The van der Waals surface area contributed by atoms with Crippen LogP contribution in [0.3, 0.4) is 0 Å². The van der Waals surface area contributed by atoms with E-state index in [1.165, 1.54) is 0 Å². The van der Waals surface area contributed by atoms with E-state index in [9.17, 15) is 14.4 Å². The maximum absolute atomic E-state index is 13.3. The number of rotatable bonds is 7. The van der Waals surface area contributed by atoms with Crippen LogP contribution in [0.25, 0.3) is 10.8 Å². The monoisotopic (exact) mass is 487 g/mol. The number of benzene rings is 3. The highest BCUT2D eigenvalue weighted by Gasteiger charge is 2.49. The summed E-state index contributed by atoms with van der Waals surface area (Å²) >= 11 is 0. The molecule has 1 saturated heterocycles. The number of ether oxygens (including phenoxy) is 2. The minimum absolute atomic E-state index is 0.0934. The quantitative estimate of drug-likeness (QED) is 0.496. The topological polar surface area (TPSA) is 97.0 Å². The molecule has 1 fully saturated rings. The van der Waals surface area contributed by atoms with Crippen molar-refractivity contribution < 1.29 is 23.9 Å². The molecule has 2 aliphatic heterocycles. The van der Waals surface area contributed by atoms with Gasteiger partial charge in [-0.05, 0) is 55.3 Å². The zero-order valence-electron chi connectivity index (χ0n) is 20.6. The second-order valence-electron chi connectivity index (χ2n) is 9.42. The molecule has 0 aliphatic carbocycles. The van der Waals surface area contributed by atoms with E-state index in [1.54, 1.807) is 6.92 Å². The SMILES string of the molecule is CCOc1cc2c(cc1CNC(=O)CN1C(=O)N[C@@](C)(c3ccc4ccccc4c3)C1=O)O[C@@H](C)C2. The highest BCUT2D eigenvalue weighted by molar-refractivity contribution is 6.09. The summed E-state index contributed by atoms with van der Waals surface area (Å²) in [5.74, 6) is 0.565. The number of hydrogen-bond donors (Lipinski definition) is 2. The molecule has 3 aromatic carbocycles. The first-order valence-electron chi connectivity index (χ1n) is 12.1. The van der Waals surface area contributed by atoms with Crippen LogP contribution in [0.2, 0.25) is 0 Å². The lowest BCUT2D eigenvalue weighted by Crippen LogP contribution is -2.43. The molecule has 8 heteroatoms. The molecule has 36 heavy (non-hydrogen) atoms. The molecule has 0 spiro atoms. The first-order valence-corrected chi connectivity index (χ1v) is 12.1. The van der Waals surface area contributed by atoms with Crippen LogP contribution in [-0.4, -0.2) is 42.0 Å². The molecule has 2 N–H and O–H groups in total. The van der Waals surface area contributed by atoms with Crippen LogP contribution in [0.5, 0.6) is 11.5 Å². The zero-order chi connectivity index (χ0) is 25.4. The molecule has 5 rings (SSSR count). The maximum Gasteiger partial charge on any atom is 0.325 e. The fraction of sp³-hybridized carbons (Fsp3) is 0.321. The molecular weight excluding hydrogens is 458 g/mol. The smallest absolute Gasteiger partial charge is 0.325 e. The molecule has 4 amide bonds. The average molecular weight is 488 g/mol. The van der Waals surface area contributed by atoms with E-state index in [0.717, 1.165) is 39.0 Å². The standard InChI is InChI=1S/C28H29N3O5/c1-4-35-23-13-20-11-17(2)36-24(20)14-21(23)15-29-25(32)16-31-26(33)28(3,30-27(31)34)22-10-9-18-7-5-6-8-19(18)12-22/h5-10,12-14,17H,4,11,15-16H2,1-3H3,(H,29,32)(H,30,34)/t17-,28-/m0/s1. The van der Waals surface area contributed by atoms with Gasteiger partial charge in [0.25, 0.3) is 5.91 Å². The third kappa shape index (κ3) is 4.23. The fourth-order valence-corrected chi connectivity index (χ4v) is 4.84. The minimum atomic E-state index is -1.25. The van der Waals surface area contributed by atoms with E-state index in [0.29, 0.717) is 17.9 Å². The molecule has 2 aliphatic rings. The van der Waals surface area contributed by atoms with Gasteiger partial charge in [-0.25, -0.2) is 4.79 Å². The van der Waals surface area contributed by atoms with Crippen molar-refractivity contribution in [3.63, 3.8) is 0 Å². The van der Waals surface area contributed by atoms with E-state index in [1.807, 2.05) is 68.4 Å². The summed E-state index contributed by atoms with van der Waals surface area (Å²) in [6.07, 6.45) is 0.903. The van der Waals surface area contributed by atoms with Crippen molar-refractivity contribution >= 4 is 28.6 Å². The van der Waals surface area contributed by atoms with Gasteiger partial charge in [-0.3, -0.25) is 14.5 Å². The molecule has 2 heterocycles. The van der Waals surface area contributed by atoms with E-state index in [-0.39, 0.29) is 19.2 Å². The van der Waals surface area contributed by atoms with Crippen LogP contribution < -0.4 is 20.1 Å². The Bertz CT molecular complexity index is 1370. The third-order valence-electron chi connectivity index (χ3n) is 6.76. The summed E-state index contributed by atoms with van der Waals surface area (Å²) in [5, 5.41) is 7.58. The van der Waals surface area contributed by atoms with Crippen LogP contribution in [0, 0.1) is 0 Å². The lowest BCUT2D eigenvalue weighted by Gasteiger charge is -2.22. The molecule has 8 nitrogen and oxygen atoms in total. The van der Waals surface area contributed by atoms with Crippen LogP contribution in [0.15, 0.2) is 54.6 Å². The van der Waals surface area contributed by atoms with Crippen molar-refractivity contribution in [3.05, 3.63) is 71.3 Å². The molecule has 0 aromatic heterocycles.